The molecule has 3 rings (SSSR count). The van der Waals surface area contributed by atoms with E-state index in [0.717, 1.165) is 11.3 Å². The van der Waals surface area contributed by atoms with Gasteiger partial charge in [-0.25, -0.2) is 9.37 Å². The first-order valence-electron chi connectivity index (χ1n) is 8.44. The lowest BCUT2D eigenvalue weighted by Crippen LogP contribution is -2.17. The van der Waals surface area contributed by atoms with Gasteiger partial charge in [0.25, 0.3) is 11.8 Å². The summed E-state index contributed by atoms with van der Waals surface area (Å²) in [6.07, 6.45) is 3.07. The minimum absolute atomic E-state index is 0.129. The van der Waals surface area contributed by atoms with Crippen molar-refractivity contribution in [1.29, 1.82) is 0 Å². The molecule has 0 atom stereocenters. The maximum Gasteiger partial charge on any atom is 0.267 e. The number of thiazole rings is 1. The van der Waals surface area contributed by atoms with Gasteiger partial charge < -0.3 is 16.4 Å². The third kappa shape index (κ3) is 4.17. The minimum Gasteiger partial charge on any atom is -0.375 e. The van der Waals surface area contributed by atoms with Crippen molar-refractivity contribution in [2.45, 2.75) is 26.8 Å². The fraction of sp³-hybridized carbons (Fsp3) is 0.222. The third-order valence-electron chi connectivity index (χ3n) is 3.93. The molecule has 2 heterocycles. The van der Waals surface area contributed by atoms with Crippen molar-refractivity contribution in [3.63, 3.8) is 0 Å². The van der Waals surface area contributed by atoms with E-state index in [1.807, 2.05) is 13.8 Å². The monoisotopic (exact) mass is 402 g/mol. The number of hydrogen-bond donors (Lipinski definition) is 3. The predicted octanol–water partition coefficient (Wildman–Crippen LogP) is 3.45. The average Bonchev–Trinajstić information content (AvgIpc) is 3.26. The van der Waals surface area contributed by atoms with Crippen LogP contribution in [0.3, 0.4) is 0 Å². The summed E-state index contributed by atoms with van der Waals surface area (Å²) in [5.74, 6) is -1.49. The minimum atomic E-state index is -0.696. The Morgan fingerprint density at radius 2 is 2.00 bits per heavy atom. The third-order valence-corrected chi connectivity index (χ3v) is 4.76. The number of hydrogen-bond acceptors (Lipinski definition) is 6. The molecule has 0 aliphatic heterocycles. The van der Waals surface area contributed by atoms with E-state index >= 15 is 0 Å². The molecule has 2 amide bonds. The summed E-state index contributed by atoms with van der Waals surface area (Å²) in [5.41, 5.74) is 6.12. The molecule has 3 aromatic rings. The van der Waals surface area contributed by atoms with E-state index in [4.69, 9.17) is 5.73 Å². The number of halogens is 1. The number of carbonyl (C=O) groups is 2. The van der Waals surface area contributed by atoms with E-state index in [0.29, 0.717) is 21.9 Å². The highest BCUT2D eigenvalue weighted by Crippen LogP contribution is 2.23. The van der Waals surface area contributed by atoms with Crippen molar-refractivity contribution in [2.24, 2.45) is 0 Å². The molecule has 0 aliphatic rings. The fourth-order valence-electron chi connectivity index (χ4n) is 2.43. The van der Waals surface area contributed by atoms with Gasteiger partial charge in [-0.1, -0.05) is 11.3 Å². The van der Waals surface area contributed by atoms with Gasteiger partial charge in [0.05, 0.1) is 11.8 Å². The number of aromatic nitrogens is 3. The van der Waals surface area contributed by atoms with Gasteiger partial charge in [0, 0.05) is 24.0 Å². The largest absolute Gasteiger partial charge is 0.375 e. The van der Waals surface area contributed by atoms with E-state index < -0.39 is 17.6 Å². The highest BCUT2D eigenvalue weighted by atomic mass is 32.1. The molecule has 2 aromatic heterocycles. The van der Waals surface area contributed by atoms with Crippen molar-refractivity contribution in [2.75, 3.05) is 16.4 Å². The highest BCUT2D eigenvalue weighted by molar-refractivity contribution is 7.17. The molecule has 10 heteroatoms. The number of aryl methyl sites for hydroxylation is 1. The van der Waals surface area contributed by atoms with Crippen LogP contribution < -0.4 is 16.4 Å². The molecule has 0 radical (unpaired) electrons. The summed E-state index contributed by atoms with van der Waals surface area (Å²) in [7, 11) is 0. The molecular formula is C18H19FN6O2S. The Kier molecular flexibility index (Phi) is 5.41. The van der Waals surface area contributed by atoms with Crippen LogP contribution in [0.15, 0.2) is 30.6 Å². The molecule has 28 heavy (non-hydrogen) atoms. The van der Waals surface area contributed by atoms with Gasteiger partial charge in [-0.15, -0.1) is 0 Å². The standard InChI is InChI=1S/C18H19FN6O2S/c1-9(2)25-5-4-15(24-25)23-16(26)11-7-13(10(3)6-12(11)19)22-17(27)14-8-21-18(20)28-14/h4-9H,1-3H3,(H2,20,21)(H,22,27)(H,23,24,26). The summed E-state index contributed by atoms with van der Waals surface area (Å²) < 4.78 is 16.0. The first-order valence-corrected chi connectivity index (χ1v) is 9.25. The Hall–Kier alpha value is -3.27. The number of nitrogens with one attached hydrogen (secondary N) is 2. The Bertz CT molecular complexity index is 1040. The Morgan fingerprint density at radius 1 is 1.25 bits per heavy atom. The average molecular weight is 402 g/mol. The molecule has 146 valence electrons. The first kappa shape index (κ1) is 19.5. The summed E-state index contributed by atoms with van der Waals surface area (Å²) >= 11 is 1.03. The van der Waals surface area contributed by atoms with Gasteiger partial charge in [-0.2, -0.15) is 5.10 Å². The van der Waals surface area contributed by atoms with Crippen molar-refractivity contribution in [1.82, 2.24) is 14.8 Å². The number of anilines is 3. The smallest absolute Gasteiger partial charge is 0.267 e. The second-order valence-electron chi connectivity index (χ2n) is 6.39. The molecule has 0 spiro atoms. The van der Waals surface area contributed by atoms with E-state index in [9.17, 15) is 14.0 Å². The Labute approximate surface area is 164 Å². The van der Waals surface area contributed by atoms with Crippen LogP contribution >= 0.6 is 11.3 Å². The number of nitrogens with zero attached hydrogens (tertiary/aromatic N) is 3. The maximum atomic E-state index is 14.4. The molecule has 4 N–H and O–H groups in total. The second-order valence-corrected chi connectivity index (χ2v) is 7.45. The summed E-state index contributed by atoms with van der Waals surface area (Å²) in [6.45, 7) is 5.53. The van der Waals surface area contributed by atoms with Crippen LogP contribution in [-0.2, 0) is 0 Å². The lowest BCUT2D eigenvalue weighted by molar-refractivity contribution is 0.101. The zero-order chi connectivity index (χ0) is 20.4. The quantitative estimate of drug-likeness (QED) is 0.605. The van der Waals surface area contributed by atoms with Crippen LogP contribution in [0, 0.1) is 12.7 Å². The molecule has 0 saturated heterocycles. The van der Waals surface area contributed by atoms with Crippen LogP contribution in [0.4, 0.5) is 21.0 Å². The summed E-state index contributed by atoms with van der Waals surface area (Å²) in [4.78, 5) is 28.9. The van der Waals surface area contributed by atoms with E-state index in [1.165, 1.54) is 18.3 Å². The van der Waals surface area contributed by atoms with Crippen molar-refractivity contribution in [3.8, 4) is 0 Å². The van der Waals surface area contributed by atoms with Gasteiger partial charge in [-0.3, -0.25) is 14.3 Å². The van der Waals surface area contributed by atoms with Crippen molar-refractivity contribution in [3.05, 3.63) is 52.4 Å². The number of nitrogen functional groups attached to an aromatic ring is 1. The van der Waals surface area contributed by atoms with Crippen molar-refractivity contribution >= 4 is 39.8 Å². The molecule has 0 aliphatic carbocycles. The highest BCUT2D eigenvalue weighted by Gasteiger charge is 2.18. The molecule has 1 aromatic carbocycles. The van der Waals surface area contributed by atoms with Gasteiger partial charge in [-0.05, 0) is 38.5 Å². The Morgan fingerprint density at radius 3 is 2.61 bits per heavy atom. The van der Waals surface area contributed by atoms with Crippen LogP contribution in [0.25, 0.3) is 0 Å². The maximum absolute atomic E-state index is 14.4. The number of benzene rings is 1. The SMILES string of the molecule is Cc1cc(F)c(C(=O)Nc2ccn(C(C)C)n2)cc1NC(=O)c1cnc(N)s1. The van der Waals surface area contributed by atoms with Crippen LogP contribution in [0.1, 0.15) is 45.5 Å². The predicted molar refractivity (Wildman–Crippen MR) is 106 cm³/mol. The first-order chi connectivity index (χ1) is 13.2. The van der Waals surface area contributed by atoms with Crippen LogP contribution in [0.5, 0.6) is 0 Å². The second kappa shape index (κ2) is 7.77. The molecule has 8 nitrogen and oxygen atoms in total. The number of carbonyl (C=O) groups excluding carboxylic acids is 2. The summed E-state index contributed by atoms with van der Waals surface area (Å²) in [5, 5.41) is 9.69. The van der Waals surface area contributed by atoms with E-state index in [-0.39, 0.29) is 16.7 Å². The Balaban J connectivity index is 1.81. The number of amides is 2. The fourth-order valence-corrected chi connectivity index (χ4v) is 3.01. The van der Waals surface area contributed by atoms with Crippen LogP contribution in [-0.4, -0.2) is 26.6 Å². The van der Waals surface area contributed by atoms with Gasteiger partial charge >= 0.3 is 0 Å². The summed E-state index contributed by atoms with van der Waals surface area (Å²) in [6, 6.07) is 4.24. The number of nitrogens with two attached hydrogens (primary N) is 1. The van der Waals surface area contributed by atoms with Gasteiger partial charge in [0.2, 0.25) is 0 Å². The number of rotatable bonds is 5. The lowest BCUT2D eigenvalue weighted by Gasteiger charge is -2.11. The van der Waals surface area contributed by atoms with Gasteiger partial charge in [0.15, 0.2) is 10.9 Å². The molecule has 0 saturated carbocycles. The van der Waals surface area contributed by atoms with Gasteiger partial charge in [0.1, 0.15) is 10.7 Å². The molecule has 0 fully saturated rings. The zero-order valence-electron chi connectivity index (χ0n) is 15.5. The molecule has 0 bridgehead atoms. The topological polar surface area (TPSA) is 115 Å². The van der Waals surface area contributed by atoms with E-state index in [1.54, 1.807) is 23.9 Å². The van der Waals surface area contributed by atoms with E-state index in [2.05, 4.69) is 20.7 Å². The lowest BCUT2D eigenvalue weighted by atomic mass is 10.1. The van der Waals surface area contributed by atoms with Crippen molar-refractivity contribution < 1.29 is 14.0 Å². The normalized spacial score (nSPS) is 10.9. The van der Waals surface area contributed by atoms with Crippen LogP contribution in [0.2, 0.25) is 0 Å². The molecule has 0 unspecified atom stereocenters. The zero-order valence-corrected chi connectivity index (χ0v) is 16.3. The molecular weight excluding hydrogens is 383 g/mol.